The van der Waals surface area contributed by atoms with E-state index in [1.165, 1.54) is 0 Å². The number of amides is 1. The summed E-state index contributed by atoms with van der Waals surface area (Å²) in [6.07, 6.45) is 0.646. The van der Waals surface area contributed by atoms with Gasteiger partial charge in [-0.25, -0.2) is 0 Å². The van der Waals surface area contributed by atoms with E-state index in [9.17, 15) is 4.79 Å². The molecule has 1 aromatic rings. The predicted octanol–water partition coefficient (Wildman–Crippen LogP) is 0.744. The molecule has 0 aromatic carbocycles. The summed E-state index contributed by atoms with van der Waals surface area (Å²) in [5.74, 6) is -0.124. The normalized spacial score (nSPS) is 12.2. The van der Waals surface area contributed by atoms with E-state index in [0.717, 1.165) is 11.4 Å². The summed E-state index contributed by atoms with van der Waals surface area (Å²) in [5.41, 5.74) is 7.38. The molecular formula is C11H17N3O. The Hall–Kier alpha value is -1.42. The second-order valence-corrected chi connectivity index (χ2v) is 3.50. The number of aromatic nitrogens is 1. The van der Waals surface area contributed by atoms with Crippen LogP contribution in [0.4, 0.5) is 0 Å². The fourth-order valence-corrected chi connectivity index (χ4v) is 1.19. The molecule has 3 N–H and O–H groups in total. The van der Waals surface area contributed by atoms with E-state index in [4.69, 9.17) is 5.73 Å². The maximum absolute atomic E-state index is 11.4. The molecule has 0 saturated carbocycles. The molecule has 1 amide bonds. The second kappa shape index (κ2) is 5.46. The molecule has 1 rings (SSSR count). The third-order valence-corrected chi connectivity index (χ3v) is 2.17. The zero-order chi connectivity index (χ0) is 11.3. The van der Waals surface area contributed by atoms with Gasteiger partial charge in [0.15, 0.2) is 0 Å². The van der Waals surface area contributed by atoms with E-state index in [1.54, 1.807) is 0 Å². The van der Waals surface area contributed by atoms with Crippen LogP contribution in [-0.4, -0.2) is 16.9 Å². The highest BCUT2D eigenvalue weighted by Crippen LogP contribution is 1.97. The summed E-state index contributed by atoms with van der Waals surface area (Å²) >= 11 is 0. The van der Waals surface area contributed by atoms with Gasteiger partial charge < -0.3 is 11.1 Å². The second-order valence-electron chi connectivity index (χ2n) is 3.50. The van der Waals surface area contributed by atoms with E-state index in [0.29, 0.717) is 13.0 Å². The predicted molar refractivity (Wildman–Crippen MR) is 59.1 cm³/mol. The molecule has 4 heteroatoms. The summed E-state index contributed by atoms with van der Waals surface area (Å²) < 4.78 is 0. The van der Waals surface area contributed by atoms with Crippen LogP contribution in [0.25, 0.3) is 0 Å². The van der Waals surface area contributed by atoms with Crippen LogP contribution in [0, 0.1) is 6.92 Å². The van der Waals surface area contributed by atoms with Crippen LogP contribution in [0.2, 0.25) is 0 Å². The van der Waals surface area contributed by atoms with Gasteiger partial charge in [-0.1, -0.05) is 13.0 Å². The van der Waals surface area contributed by atoms with Crippen molar-refractivity contribution in [1.82, 2.24) is 10.3 Å². The first kappa shape index (κ1) is 11.7. The Balaban J connectivity index is 2.47. The summed E-state index contributed by atoms with van der Waals surface area (Å²) in [4.78, 5) is 15.6. The van der Waals surface area contributed by atoms with Gasteiger partial charge in [0.05, 0.1) is 18.3 Å². The van der Waals surface area contributed by atoms with Crippen LogP contribution in [0.5, 0.6) is 0 Å². The Bertz CT molecular complexity index is 338. The molecule has 15 heavy (non-hydrogen) atoms. The highest BCUT2D eigenvalue weighted by Gasteiger charge is 2.09. The van der Waals surface area contributed by atoms with Crippen molar-refractivity contribution in [3.63, 3.8) is 0 Å². The number of hydrogen-bond acceptors (Lipinski definition) is 3. The molecule has 4 nitrogen and oxygen atoms in total. The Labute approximate surface area is 89.9 Å². The Morgan fingerprint density at radius 1 is 1.60 bits per heavy atom. The molecule has 0 aliphatic carbocycles. The fraction of sp³-hybridized carbons (Fsp3) is 0.455. The van der Waals surface area contributed by atoms with Gasteiger partial charge in [-0.15, -0.1) is 0 Å². The smallest absolute Gasteiger partial charge is 0.237 e. The standard InChI is InChI=1S/C11H17N3O/c1-3-10(12)11(15)13-7-9-6-4-5-8(2)14-9/h4-6,10H,3,7,12H2,1-2H3,(H,13,15). The van der Waals surface area contributed by atoms with Crippen LogP contribution >= 0.6 is 0 Å². The number of aryl methyl sites for hydroxylation is 1. The third-order valence-electron chi connectivity index (χ3n) is 2.17. The highest BCUT2D eigenvalue weighted by molar-refractivity contribution is 5.81. The number of nitrogens with one attached hydrogen (secondary N) is 1. The van der Waals surface area contributed by atoms with Crippen molar-refractivity contribution in [2.24, 2.45) is 5.73 Å². The molecule has 1 aromatic heterocycles. The molecule has 1 heterocycles. The van der Waals surface area contributed by atoms with Crippen LogP contribution < -0.4 is 11.1 Å². The van der Waals surface area contributed by atoms with Gasteiger partial charge in [0, 0.05) is 5.69 Å². The monoisotopic (exact) mass is 207 g/mol. The number of hydrogen-bond donors (Lipinski definition) is 2. The third kappa shape index (κ3) is 3.67. The van der Waals surface area contributed by atoms with Gasteiger partial charge in [-0.05, 0) is 25.5 Å². The van der Waals surface area contributed by atoms with E-state index in [2.05, 4.69) is 10.3 Å². The summed E-state index contributed by atoms with van der Waals surface area (Å²) in [6, 6.07) is 5.30. The molecule has 1 unspecified atom stereocenters. The number of pyridine rings is 1. The largest absolute Gasteiger partial charge is 0.349 e. The fourth-order valence-electron chi connectivity index (χ4n) is 1.19. The minimum absolute atomic E-state index is 0.124. The molecule has 0 saturated heterocycles. The van der Waals surface area contributed by atoms with Crippen molar-refractivity contribution in [3.05, 3.63) is 29.6 Å². The lowest BCUT2D eigenvalue weighted by Gasteiger charge is -2.09. The molecule has 0 bridgehead atoms. The van der Waals surface area contributed by atoms with Crippen molar-refractivity contribution in [3.8, 4) is 0 Å². The molecule has 1 atom stereocenters. The molecule has 0 fully saturated rings. The number of rotatable bonds is 4. The highest BCUT2D eigenvalue weighted by atomic mass is 16.2. The van der Waals surface area contributed by atoms with Crippen LogP contribution in [-0.2, 0) is 11.3 Å². The molecule has 82 valence electrons. The topological polar surface area (TPSA) is 68.0 Å². The molecular weight excluding hydrogens is 190 g/mol. The van der Waals surface area contributed by atoms with Crippen LogP contribution in [0.15, 0.2) is 18.2 Å². The summed E-state index contributed by atoms with van der Waals surface area (Å²) in [6.45, 7) is 4.24. The minimum Gasteiger partial charge on any atom is -0.349 e. The van der Waals surface area contributed by atoms with Crippen molar-refractivity contribution in [2.45, 2.75) is 32.9 Å². The number of nitrogens with two attached hydrogens (primary N) is 1. The molecule has 0 spiro atoms. The number of nitrogens with zero attached hydrogens (tertiary/aromatic N) is 1. The SMILES string of the molecule is CCC(N)C(=O)NCc1cccc(C)n1. The first-order chi connectivity index (χ1) is 7.13. The number of carbonyl (C=O) groups excluding carboxylic acids is 1. The van der Waals surface area contributed by atoms with Crippen molar-refractivity contribution >= 4 is 5.91 Å². The van der Waals surface area contributed by atoms with E-state index in [-0.39, 0.29) is 5.91 Å². The summed E-state index contributed by atoms with van der Waals surface area (Å²) in [5, 5.41) is 2.75. The first-order valence-electron chi connectivity index (χ1n) is 5.09. The summed E-state index contributed by atoms with van der Waals surface area (Å²) in [7, 11) is 0. The van der Waals surface area contributed by atoms with Crippen molar-refractivity contribution < 1.29 is 4.79 Å². The average Bonchev–Trinajstić information content (AvgIpc) is 2.25. The van der Waals surface area contributed by atoms with E-state index in [1.807, 2.05) is 32.0 Å². The van der Waals surface area contributed by atoms with Crippen LogP contribution in [0.1, 0.15) is 24.7 Å². The quantitative estimate of drug-likeness (QED) is 0.765. The van der Waals surface area contributed by atoms with Gasteiger partial charge in [0.2, 0.25) is 5.91 Å². The maximum Gasteiger partial charge on any atom is 0.237 e. The zero-order valence-electron chi connectivity index (χ0n) is 9.16. The van der Waals surface area contributed by atoms with Gasteiger partial charge in [0.1, 0.15) is 0 Å². The Kier molecular flexibility index (Phi) is 4.24. The minimum atomic E-state index is -0.421. The molecule has 0 radical (unpaired) electrons. The lowest BCUT2D eigenvalue weighted by atomic mass is 10.2. The van der Waals surface area contributed by atoms with Gasteiger partial charge in [-0.2, -0.15) is 0 Å². The van der Waals surface area contributed by atoms with Gasteiger partial charge in [0.25, 0.3) is 0 Å². The average molecular weight is 207 g/mol. The van der Waals surface area contributed by atoms with E-state index < -0.39 is 6.04 Å². The Morgan fingerprint density at radius 2 is 2.33 bits per heavy atom. The van der Waals surface area contributed by atoms with Gasteiger partial charge in [-0.3, -0.25) is 9.78 Å². The lowest BCUT2D eigenvalue weighted by Crippen LogP contribution is -2.39. The Morgan fingerprint density at radius 3 is 2.93 bits per heavy atom. The van der Waals surface area contributed by atoms with E-state index >= 15 is 0 Å². The lowest BCUT2D eigenvalue weighted by molar-refractivity contribution is -0.122. The molecule has 0 aliphatic heterocycles. The first-order valence-corrected chi connectivity index (χ1v) is 5.09. The van der Waals surface area contributed by atoms with Crippen molar-refractivity contribution in [2.75, 3.05) is 0 Å². The molecule has 0 aliphatic rings. The van der Waals surface area contributed by atoms with Crippen molar-refractivity contribution in [1.29, 1.82) is 0 Å². The van der Waals surface area contributed by atoms with Crippen LogP contribution in [0.3, 0.4) is 0 Å². The van der Waals surface area contributed by atoms with Gasteiger partial charge >= 0.3 is 0 Å². The number of carbonyl (C=O) groups is 1. The maximum atomic E-state index is 11.4. The zero-order valence-corrected chi connectivity index (χ0v) is 9.16.